The minimum absolute atomic E-state index is 0. The van der Waals surface area contributed by atoms with Gasteiger partial charge in [-0.3, -0.25) is 4.90 Å². The molecule has 2 rings (SSSR count). The maximum atomic E-state index is 5.65. The first-order valence-electron chi connectivity index (χ1n) is 7.28. The van der Waals surface area contributed by atoms with Gasteiger partial charge in [-0.1, -0.05) is 13.8 Å². The number of rotatable bonds is 4. The number of nitrogens with zero attached hydrogens (tertiary/aromatic N) is 1. The molecule has 2 aliphatic heterocycles. The Labute approximate surface area is 118 Å². The molecule has 1 unspecified atom stereocenters. The van der Waals surface area contributed by atoms with Gasteiger partial charge >= 0.3 is 0 Å². The standard InChI is InChI=1S/C14H28N2O.ClH/c1-12(2)9-14-11-17-8-7-16(14)10-13-3-5-15-6-4-13;/h12-15H,3-11H2,1-2H3;1H. The maximum Gasteiger partial charge on any atom is 0.0622 e. The summed E-state index contributed by atoms with van der Waals surface area (Å²) in [6, 6.07) is 0.665. The summed E-state index contributed by atoms with van der Waals surface area (Å²) in [4.78, 5) is 2.69. The molecule has 108 valence electrons. The second-order valence-corrected chi connectivity index (χ2v) is 6.05. The maximum absolute atomic E-state index is 5.65. The molecule has 0 aromatic carbocycles. The fourth-order valence-corrected chi connectivity index (χ4v) is 3.09. The SMILES string of the molecule is CC(C)CC1COCCN1CC1CCNCC1.Cl. The van der Waals surface area contributed by atoms with Crippen LogP contribution < -0.4 is 5.32 Å². The van der Waals surface area contributed by atoms with E-state index in [4.69, 9.17) is 4.74 Å². The molecule has 0 aliphatic carbocycles. The summed E-state index contributed by atoms with van der Waals surface area (Å²) in [5.41, 5.74) is 0. The monoisotopic (exact) mass is 276 g/mol. The highest BCUT2D eigenvalue weighted by Gasteiger charge is 2.26. The molecule has 0 amide bonds. The van der Waals surface area contributed by atoms with Crippen LogP contribution >= 0.6 is 12.4 Å². The van der Waals surface area contributed by atoms with E-state index < -0.39 is 0 Å². The van der Waals surface area contributed by atoms with Crippen LogP contribution in [-0.4, -0.2) is 50.3 Å². The molecule has 0 spiro atoms. The van der Waals surface area contributed by atoms with Crippen molar-refractivity contribution < 1.29 is 4.74 Å². The zero-order valence-corrected chi connectivity index (χ0v) is 12.7. The topological polar surface area (TPSA) is 24.5 Å². The zero-order valence-electron chi connectivity index (χ0n) is 11.9. The Balaban J connectivity index is 0.00000162. The number of piperidine rings is 1. The molecule has 0 aromatic rings. The fourth-order valence-electron chi connectivity index (χ4n) is 3.09. The van der Waals surface area contributed by atoms with Gasteiger partial charge in [-0.25, -0.2) is 0 Å². The van der Waals surface area contributed by atoms with Gasteiger partial charge in [0.15, 0.2) is 0 Å². The third-order valence-corrected chi connectivity index (χ3v) is 4.04. The number of hydrogen-bond acceptors (Lipinski definition) is 3. The van der Waals surface area contributed by atoms with Crippen LogP contribution in [0.1, 0.15) is 33.1 Å². The van der Waals surface area contributed by atoms with Gasteiger partial charge in [0.2, 0.25) is 0 Å². The molecular formula is C14H29ClN2O. The Hall–Kier alpha value is 0.170. The van der Waals surface area contributed by atoms with E-state index in [2.05, 4.69) is 24.1 Å². The molecule has 4 heteroatoms. The van der Waals surface area contributed by atoms with Gasteiger partial charge in [-0.2, -0.15) is 0 Å². The number of halogens is 1. The van der Waals surface area contributed by atoms with Crippen molar-refractivity contribution in [3.63, 3.8) is 0 Å². The summed E-state index contributed by atoms with van der Waals surface area (Å²) >= 11 is 0. The van der Waals surface area contributed by atoms with Crippen LogP contribution in [0.2, 0.25) is 0 Å². The molecular weight excluding hydrogens is 248 g/mol. The Morgan fingerprint density at radius 2 is 2.00 bits per heavy atom. The van der Waals surface area contributed by atoms with Crippen LogP contribution in [0, 0.1) is 11.8 Å². The molecule has 0 radical (unpaired) electrons. The molecule has 0 saturated carbocycles. The number of morpholine rings is 1. The highest BCUT2D eigenvalue weighted by molar-refractivity contribution is 5.85. The van der Waals surface area contributed by atoms with Gasteiger partial charge in [0, 0.05) is 19.1 Å². The van der Waals surface area contributed by atoms with E-state index in [9.17, 15) is 0 Å². The predicted molar refractivity (Wildman–Crippen MR) is 78.5 cm³/mol. The number of hydrogen-bond donors (Lipinski definition) is 1. The molecule has 2 heterocycles. The molecule has 2 aliphatic rings. The second-order valence-electron chi connectivity index (χ2n) is 6.05. The highest BCUT2D eigenvalue weighted by atomic mass is 35.5. The average Bonchev–Trinajstić information content (AvgIpc) is 2.32. The van der Waals surface area contributed by atoms with Gasteiger partial charge in [-0.15, -0.1) is 12.4 Å². The smallest absolute Gasteiger partial charge is 0.0622 e. The fraction of sp³-hybridized carbons (Fsp3) is 1.00. The summed E-state index contributed by atoms with van der Waals surface area (Å²) in [6.07, 6.45) is 3.99. The predicted octanol–water partition coefficient (Wildman–Crippen LogP) is 2.15. The Kier molecular flexibility index (Phi) is 7.54. The first kappa shape index (κ1) is 16.2. The lowest BCUT2D eigenvalue weighted by molar-refractivity contribution is -0.0229. The first-order valence-corrected chi connectivity index (χ1v) is 7.28. The average molecular weight is 277 g/mol. The van der Waals surface area contributed by atoms with Crippen LogP contribution in [0.4, 0.5) is 0 Å². The highest BCUT2D eigenvalue weighted by Crippen LogP contribution is 2.20. The third kappa shape index (κ3) is 5.04. The van der Waals surface area contributed by atoms with Crippen LogP contribution in [0.15, 0.2) is 0 Å². The van der Waals surface area contributed by atoms with Gasteiger partial charge in [0.1, 0.15) is 0 Å². The van der Waals surface area contributed by atoms with E-state index in [0.29, 0.717) is 6.04 Å². The van der Waals surface area contributed by atoms with E-state index in [0.717, 1.165) is 31.6 Å². The van der Waals surface area contributed by atoms with Crippen molar-refractivity contribution in [3.8, 4) is 0 Å². The Bertz CT molecular complexity index is 220. The molecule has 2 saturated heterocycles. The summed E-state index contributed by atoms with van der Waals surface area (Å²) in [5, 5.41) is 3.45. The quantitative estimate of drug-likeness (QED) is 0.852. The van der Waals surface area contributed by atoms with Crippen LogP contribution in [0.25, 0.3) is 0 Å². The van der Waals surface area contributed by atoms with E-state index in [1.807, 2.05) is 0 Å². The number of ether oxygens (including phenoxy) is 1. The van der Waals surface area contributed by atoms with Crippen molar-refractivity contribution in [2.24, 2.45) is 11.8 Å². The molecule has 3 nitrogen and oxygen atoms in total. The second kappa shape index (κ2) is 8.36. The van der Waals surface area contributed by atoms with Crippen molar-refractivity contribution >= 4 is 12.4 Å². The lowest BCUT2D eigenvalue weighted by atomic mass is 9.95. The van der Waals surface area contributed by atoms with Crippen molar-refractivity contribution in [2.45, 2.75) is 39.2 Å². The van der Waals surface area contributed by atoms with Crippen molar-refractivity contribution in [3.05, 3.63) is 0 Å². The Morgan fingerprint density at radius 1 is 1.28 bits per heavy atom. The van der Waals surface area contributed by atoms with E-state index in [-0.39, 0.29) is 12.4 Å². The van der Waals surface area contributed by atoms with E-state index in [1.165, 1.54) is 38.9 Å². The minimum Gasteiger partial charge on any atom is -0.378 e. The largest absolute Gasteiger partial charge is 0.378 e. The zero-order chi connectivity index (χ0) is 12.1. The molecule has 1 atom stereocenters. The normalized spacial score (nSPS) is 27.2. The van der Waals surface area contributed by atoms with Gasteiger partial charge < -0.3 is 10.1 Å². The van der Waals surface area contributed by atoms with Crippen LogP contribution in [0.5, 0.6) is 0 Å². The van der Waals surface area contributed by atoms with Crippen molar-refractivity contribution in [2.75, 3.05) is 39.4 Å². The molecule has 1 N–H and O–H groups in total. The van der Waals surface area contributed by atoms with Crippen LogP contribution in [0.3, 0.4) is 0 Å². The first-order chi connectivity index (χ1) is 8.25. The summed E-state index contributed by atoms with van der Waals surface area (Å²) in [6.45, 7) is 11.4. The Morgan fingerprint density at radius 3 is 2.67 bits per heavy atom. The van der Waals surface area contributed by atoms with Crippen molar-refractivity contribution in [1.29, 1.82) is 0 Å². The van der Waals surface area contributed by atoms with Gasteiger partial charge in [0.05, 0.1) is 13.2 Å². The summed E-state index contributed by atoms with van der Waals surface area (Å²) in [7, 11) is 0. The van der Waals surface area contributed by atoms with Gasteiger partial charge in [-0.05, 0) is 44.2 Å². The van der Waals surface area contributed by atoms with Crippen molar-refractivity contribution in [1.82, 2.24) is 10.2 Å². The van der Waals surface area contributed by atoms with Crippen LogP contribution in [-0.2, 0) is 4.74 Å². The lowest BCUT2D eigenvalue weighted by Crippen LogP contribution is -2.49. The number of nitrogens with one attached hydrogen (secondary N) is 1. The molecule has 18 heavy (non-hydrogen) atoms. The summed E-state index contributed by atoms with van der Waals surface area (Å²) in [5.74, 6) is 1.68. The molecule has 0 aromatic heterocycles. The molecule has 2 fully saturated rings. The minimum atomic E-state index is 0. The lowest BCUT2D eigenvalue weighted by Gasteiger charge is -2.39. The van der Waals surface area contributed by atoms with Gasteiger partial charge in [0.25, 0.3) is 0 Å². The van der Waals surface area contributed by atoms with E-state index in [1.54, 1.807) is 0 Å². The summed E-state index contributed by atoms with van der Waals surface area (Å²) < 4.78 is 5.65. The molecule has 0 bridgehead atoms. The third-order valence-electron chi connectivity index (χ3n) is 4.04. The van der Waals surface area contributed by atoms with E-state index >= 15 is 0 Å².